The third kappa shape index (κ3) is 3.28. The number of nitrogens with one attached hydrogen (secondary N) is 1. The summed E-state index contributed by atoms with van der Waals surface area (Å²) in [5, 5.41) is 0. The lowest BCUT2D eigenvalue weighted by atomic mass is 9.77. The Hall–Kier alpha value is -0.200. The van der Waals surface area contributed by atoms with Gasteiger partial charge < -0.3 is 9.47 Å². The zero-order chi connectivity index (χ0) is 13.7. The minimum atomic E-state index is 0.0733. The number of nitrogens with two attached hydrogens (primary N) is 1. The molecule has 0 amide bonds. The Morgan fingerprint density at radius 2 is 2.05 bits per heavy atom. The molecular formula is C14H29N3O2. The van der Waals surface area contributed by atoms with Crippen molar-refractivity contribution in [2.45, 2.75) is 44.7 Å². The molecule has 0 spiro atoms. The van der Waals surface area contributed by atoms with Crippen molar-refractivity contribution in [1.82, 2.24) is 10.3 Å². The zero-order valence-corrected chi connectivity index (χ0v) is 12.4. The van der Waals surface area contributed by atoms with E-state index >= 15 is 0 Å². The normalized spacial score (nSPS) is 30.8. The lowest BCUT2D eigenvalue weighted by molar-refractivity contribution is -0.0577. The average molecular weight is 271 g/mol. The van der Waals surface area contributed by atoms with Gasteiger partial charge in [0.25, 0.3) is 0 Å². The molecule has 5 nitrogen and oxygen atoms in total. The van der Waals surface area contributed by atoms with Gasteiger partial charge in [-0.05, 0) is 26.2 Å². The number of morpholine rings is 1. The fourth-order valence-electron chi connectivity index (χ4n) is 3.57. The van der Waals surface area contributed by atoms with Gasteiger partial charge in [0.1, 0.15) is 0 Å². The van der Waals surface area contributed by atoms with Gasteiger partial charge in [-0.25, -0.2) is 0 Å². The van der Waals surface area contributed by atoms with Crippen LogP contribution in [0, 0.1) is 5.92 Å². The maximum Gasteiger partial charge on any atom is 0.0594 e. The Balaban J connectivity index is 2.10. The first kappa shape index (κ1) is 15.2. The summed E-state index contributed by atoms with van der Waals surface area (Å²) in [5.74, 6) is 6.41. The van der Waals surface area contributed by atoms with Gasteiger partial charge in [0.2, 0.25) is 0 Å². The second-order valence-electron chi connectivity index (χ2n) is 5.93. The van der Waals surface area contributed by atoms with Crippen LogP contribution in [-0.2, 0) is 9.47 Å². The third-order valence-corrected chi connectivity index (χ3v) is 4.97. The summed E-state index contributed by atoms with van der Waals surface area (Å²) < 4.78 is 11.1. The molecule has 0 bridgehead atoms. The van der Waals surface area contributed by atoms with Gasteiger partial charge in [0, 0.05) is 37.2 Å². The highest BCUT2D eigenvalue weighted by Crippen LogP contribution is 2.32. The molecule has 2 aliphatic rings. The number of hydrogen-bond acceptors (Lipinski definition) is 5. The molecule has 0 aromatic heterocycles. The SMILES string of the molecule is CCC(C)(C(NN)C1CCCOC1)N1CCOCC1. The van der Waals surface area contributed by atoms with Crippen LogP contribution in [0.25, 0.3) is 0 Å². The van der Waals surface area contributed by atoms with Crippen molar-refractivity contribution >= 4 is 0 Å². The van der Waals surface area contributed by atoms with Crippen molar-refractivity contribution in [1.29, 1.82) is 0 Å². The fourth-order valence-corrected chi connectivity index (χ4v) is 3.57. The summed E-state index contributed by atoms with van der Waals surface area (Å²) in [6.45, 7) is 9.96. The quantitative estimate of drug-likeness (QED) is 0.571. The molecule has 2 aliphatic heterocycles. The van der Waals surface area contributed by atoms with Crippen LogP contribution in [0.4, 0.5) is 0 Å². The van der Waals surface area contributed by atoms with Crippen molar-refractivity contribution < 1.29 is 9.47 Å². The Morgan fingerprint density at radius 1 is 1.32 bits per heavy atom. The molecule has 2 saturated heterocycles. The highest BCUT2D eigenvalue weighted by atomic mass is 16.5. The first-order chi connectivity index (χ1) is 9.22. The standard InChI is InChI=1S/C14H29N3O2/c1-3-14(2,17-6-9-18-10-7-17)13(16-15)12-5-4-8-19-11-12/h12-13,16H,3-11,15H2,1-2H3. The van der Waals surface area contributed by atoms with Crippen molar-refractivity contribution in [2.24, 2.45) is 11.8 Å². The third-order valence-electron chi connectivity index (χ3n) is 4.97. The van der Waals surface area contributed by atoms with Crippen molar-refractivity contribution in [3.05, 3.63) is 0 Å². The molecule has 5 heteroatoms. The largest absolute Gasteiger partial charge is 0.381 e. The van der Waals surface area contributed by atoms with Gasteiger partial charge in [0.05, 0.1) is 19.8 Å². The molecule has 0 aromatic carbocycles. The van der Waals surface area contributed by atoms with E-state index in [1.54, 1.807) is 0 Å². The molecule has 2 fully saturated rings. The number of rotatable bonds is 5. The number of ether oxygens (including phenoxy) is 2. The first-order valence-electron chi connectivity index (χ1n) is 7.59. The lowest BCUT2D eigenvalue weighted by Gasteiger charge is -2.50. The van der Waals surface area contributed by atoms with Crippen LogP contribution in [0.5, 0.6) is 0 Å². The first-order valence-corrected chi connectivity index (χ1v) is 7.59. The van der Waals surface area contributed by atoms with Crippen LogP contribution >= 0.6 is 0 Å². The van der Waals surface area contributed by atoms with Crippen LogP contribution in [0.15, 0.2) is 0 Å². The minimum absolute atomic E-state index is 0.0733. The van der Waals surface area contributed by atoms with Crippen molar-refractivity contribution in [3.63, 3.8) is 0 Å². The predicted octanol–water partition coefficient (Wildman–Crippen LogP) is 0.746. The van der Waals surface area contributed by atoms with E-state index in [2.05, 4.69) is 24.2 Å². The highest BCUT2D eigenvalue weighted by molar-refractivity contribution is 4.99. The molecule has 0 radical (unpaired) electrons. The Kier molecular flexibility index (Phi) is 5.59. The van der Waals surface area contributed by atoms with Gasteiger partial charge in [-0.15, -0.1) is 0 Å². The smallest absolute Gasteiger partial charge is 0.0594 e. The monoisotopic (exact) mass is 271 g/mol. The second-order valence-corrected chi connectivity index (χ2v) is 5.93. The fraction of sp³-hybridized carbons (Fsp3) is 1.00. The van der Waals surface area contributed by atoms with Crippen molar-refractivity contribution in [2.75, 3.05) is 39.5 Å². The van der Waals surface area contributed by atoms with E-state index in [-0.39, 0.29) is 11.6 Å². The van der Waals surface area contributed by atoms with Crippen LogP contribution in [0.1, 0.15) is 33.1 Å². The molecule has 3 N–H and O–H groups in total. The van der Waals surface area contributed by atoms with E-state index < -0.39 is 0 Å². The van der Waals surface area contributed by atoms with E-state index in [0.717, 1.165) is 52.4 Å². The predicted molar refractivity (Wildman–Crippen MR) is 75.7 cm³/mol. The molecule has 0 saturated carbocycles. The molecule has 19 heavy (non-hydrogen) atoms. The average Bonchev–Trinajstić information content (AvgIpc) is 2.49. The molecule has 0 aliphatic carbocycles. The van der Waals surface area contributed by atoms with Crippen LogP contribution in [0.2, 0.25) is 0 Å². The summed E-state index contributed by atoms with van der Waals surface area (Å²) in [6, 6.07) is 0.274. The summed E-state index contributed by atoms with van der Waals surface area (Å²) >= 11 is 0. The Labute approximate surface area is 116 Å². The summed E-state index contributed by atoms with van der Waals surface area (Å²) in [6.07, 6.45) is 3.43. The summed E-state index contributed by atoms with van der Waals surface area (Å²) in [4.78, 5) is 2.54. The van der Waals surface area contributed by atoms with Gasteiger partial charge in [0.15, 0.2) is 0 Å². The molecule has 2 heterocycles. The van der Waals surface area contributed by atoms with E-state index in [1.165, 1.54) is 6.42 Å². The van der Waals surface area contributed by atoms with Gasteiger partial charge >= 0.3 is 0 Å². The van der Waals surface area contributed by atoms with E-state index in [1.807, 2.05) is 0 Å². The topological polar surface area (TPSA) is 59.8 Å². The van der Waals surface area contributed by atoms with E-state index in [9.17, 15) is 0 Å². The van der Waals surface area contributed by atoms with Crippen LogP contribution in [-0.4, -0.2) is 56.0 Å². The maximum atomic E-state index is 5.91. The van der Waals surface area contributed by atoms with E-state index in [4.69, 9.17) is 15.3 Å². The minimum Gasteiger partial charge on any atom is -0.381 e. The van der Waals surface area contributed by atoms with E-state index in [0.29, 0.717) is 5.92 Å². The Morgan fingerprint density at radius 3 is 2.58 bits per heavy atom. The molecular weight excluding hydrogens is 242 g/mol. The van der Waals surface area contributed by atoms with Crippen LogP contribution < -0.4 is 11.3 Å². The summed E-state index contributed by atoms with van der Waals surface area (Å²) in [5.41, 5.74) is 3.17. The molecule has 2 rings (SSSR count). The van der Waals surface area contributed by atoms with Crippen LogP contribution in [0.3, 0.4) is 0 Å². The summed E-state index contributed by atoms with van der Waals surface area (Å²) in [7, 11) is 0. The van der Waals surface area contributed by atoms with Gasteiger partial charge in [-0.1, -0.05) is 6.92 Å². The number of hydrogen-bond donors (Lipinski definition) is 2. The molecule has 3 unspecified atom stereocenters. The van der Waals surface area contributed by atoms with Crippen molar-refractivity contribution in [3.8, 4) is 0 Å². The van der Waals surface area contributed by atoms with Gasteiger partial charge in [-0.2, -0.15) is 0 Å². The zero-order valence-electron chi connectivity index (χ0n) is 12.4. The van der Waals surface area contributed by atoms with Gasteiger partial charge in [-0.3, -0.25) is 16.2 Å². The maximum absolute atomic E-state index is 5.91. The molecule has 3 atom stereocenters. The molecule has 0 aromatic rings. The Bertz CT molecular complexity index is 265. The number of hydrazine groups is 1. The lowest BCUT2D eigenvalue weighted by Crippen LogP contribution is -2.66. The molecule has 112 valence electrons. The highest BCUT2D eigenvalue weighted by Gasteiger charge is 2.42. The number of nitrogens with zero attached hydrogens (tertiary/aromatic N) is 1. The second kappa shape index (κ2) is 6.99.